The van der Waals surface area contributed by atoms with E-state index in [0.717, 1.165) is 0 Å². The van der Waals surface area contributed by atoms with Crippen molar-refractivity contribution in [1.82, 2.24) is 4.90 Å². The van der Waals surface area contributed by atoms with Crippen molar-refractivity contribution in [3.05, 3.63) is 60.2 Å². The molecule has 0 aromatic heterocycles. The number of amides is 2. The predicted molar refractivity (Wildman–Crippen MR) is 106 cm³/mol. The molecule has 0 saturated heterocycles. The third kappa shape index (κ3) is 5.72. The van der Waals surface area contributed by atoms with Gasteiger partial charge in [0.1, 0.15) is 5.75 Å². The highest BCUT2D eigenvalue weighted by Gasteiger charge is 2.38. The third-order valence-electron chi connectivity index (χ3n) is 4.16. The normalized spacial score (nSPS) is 12.2. The van der Waals surface area contributed by atoms with Crippen LogP contribution in [-0.2, 0) is 19.7 Å². The Morgan fingerprint density at radius 3 is 2.14 bits per heavy atom. The zero-order valence-electron chi connectivity index (χ0n) is 15.7. The minimum atomic E-state index is -4.77. The Balaban J connectivity index is 2.59. The van der Waals surface area contributed by atoms with Gasteiger partial charge in [0, 0.05) is 12.0 Å². The second kappa shape index (κ2) is 9.44. The standard InChI is InChI=1S/C20H21NO7S/c1-2-8-18(22)21(17(20(24)25)13-29(26,27)28)19(23)16-12-7-6-11-15(16)14-9-4-3-5-10-14/h3-7,9-12,17H,2,8,13H2,1H3,(H,24,25)(H,26,27,28)/t17-/m0/s1. The molecule has 0 aliphatic rings. The van der Waals surface area contributed by atoms with Crippen LogP contribution in [0.15, 0.2) is 54.6 Å². The molecule has 0 heterocycles. The molecule has 0 aliphatic heterocycles. The van der Waals surface area contributed by atoms with Gasteiger partial charge in [-0.2, -0.15) is 8.42 Å². The molecule has 2 rings (SSSR count). The molecule has 29 heavy (non-hydrogen) atoms. The summed E-state index contributed by atoms with van der Waals surface area (Å²) in [7, 11) is -4.77. The molecule has 1 atom stereocenters. The Morgan fingerprint density at radius 2 is 1.59 bits per heavy atom. The van der Waals surface area contributed by atoms with Crippen LogP contribution in [0.1, 0.15) is 30.1 Å². The molecular weight excluding hydrogens is 398 g/mol. The van der Waals surface area contributed by atoms with E-state index in [1.807, 2.05) is 0 Å². The van der Waals surface area contributed by atoms with E-state index in [-0.39, 0.29) is 12.0 Å². The van der Waals surface area contributed by atoms with Crippen molar-refractivity contribution >= 4 is 27.9 Å². The van der Waals surface area contributed by atoms with Crippen molar-refractivity contribution in [2.45, 2.75) is 25.8 Å². The summed E-state index contributed by atoms with van der Waals surface area (Å²) in [5, 5.41) is 9.48. The quantitative estimate of drug-likeness (QED) is 0.629. The maximum absolute atomic E-state index is 13.3. The second-order valence-corrected chi connectivity index (χ2v) is 7.83. The van der Waals surface area contributed by atoms with E-state index in [1.165, 1.54) is 6.07 Å². The van der Waals surface area contributed by atoms with Gasteiger partial charge in [-0.1, -0.05) is 55.5 Å². The fourth-order valence-electron chi connectivity index (χ4n) is 2.89. The smallest absolute Gasteiger partial charge is 0.328 e. The van der Waals surface area contributed by atoms with E-state index >= 15 is 0 Å². The fraction of sp³-hybridized carbons (Fsp3) is 0.250. The SMILES string of the molecule is CCCC(=O)N(C(=O)c1ccccc1-c1ccccc1)[C@@H](CS(=O)(=O)O)C(=O)O. The third-order valence-corrected chi connectivity index (χ3v) is 4.90. The molecule has 0 saturated carbocycles. The zero-order valence-corrected chi connectivity index (χ0v) is 16.5. The highest BCUT2D eigenvalue weighted by Crippen LogP contribution is 2.26. The number of carboxylic acid groups (broad SMARTS) is 1. The summed E-state index contributed by atoms with van der Waals surface area (Å²) in [6.45, 7) is 1.66. The number of hydrogen-bond donors (Lipinski definition) is 2. The number of aliphatic carboxylic acids is 1. The maximum atomic E-state index is 13.3. The number of benzene rings is 2. The molecule has 154 valence electrons. The van der Waals surface area contributed by atoms with Gasteiger partial charge in [-0.05, 0) is 23.6 Å². The maximum Gasteiger partial charge on any atom is 0.328 e. The van der Waals surface area contributed by atoms with Gasteiger partial charge in [-0.3, -0.25) is 19.0 Å². The van der Waals surface area contributed by atoms with Crippen molar-refractivity contribution in [1.29, 1.82) is 0 Å². The molecule has 0 spiro atoms. The molecule has 2 aromatic rings. The van der Waals surface area contributed by atoms with E-state index in [4.69, 9.17) is 4.55 Å². The van der Waals surface area contributed by atoms with Gasteiger partial charge in [-0.25, -0.2) is 4.79 Å². The second-order valence-electron chi connectivity index (χ2n) is 6.33. The van der Waals surface area contributed by atoms with E-state index in [9.17, 15) is 27.9 Å². The van der Waals surface area contributed by atoms with Crippen molar-refractivity contribution < 1.29 is 32.5 Å². The number of carboxylic acids is 1. The Kier molecular flexibility index (Phi) is 7.24. The van der Waals surface area contributed by atoms with Crippen LogP contribution in [0.5, 0.6) is 0 Å². The van der Waals surface area contributed by atoms with Gasteiger partial charge in [0.25, 0.3) is 16.0 Å². The molecule has 0 unspecified atom stereocenters. The van der Waals surface area contributed by atoms with Crippen LogP contribution in [0.2, 0.25) is 0 Å². The molecular formula is C20H21NO7S. The minimum absolute atomic E-state index is 0.0461. The summed E-state index contributed by atoms with van der Waals surface area (Å²) in [6.07, 6.45) is 0.162. The van der Waals surface area contributed by atoms with Crippen molar-refractivity contribution in [2.75, 3.05) is 5.75 Å². The summed E-state index contributed by atoms with van der Waals surface area (Å²) >= 11 is 0. The highest BCUT2D eigenvalue weighted by atomic mass is 32.2. The predicted octanol–water partition coefficient (Wildman–Crippen LogP) is 2.46. The number of nitrogens with zero attached hydrogens (tertiary/aromatic N) is 1. The van der Waals surface area contributed by atoms with E-state index in [0.29, 0.717) is 22.4 Å². The van der Waals surface area contributed by atoms with Crippen LogP contribution in [0.3, 0.4) is 0 Å². The summed E-state index contributed by atoms with van der Waals surface area (Å²) < 4.78 is 31.8. The number of rotatable bonds is 8. The first-order chi connectivity index (χ1) is 13.7. The first-order valence-corrected chi connectivity index (χ1v) is 10.5. The minimum Gasteiger partial charge on any atom is -0.480 e. The Labute approximate surface area is 168 Å². The first-order valence-electron chi connectivity index (χ1n) is 8.84. The number of carbonyl (C=O) groups is 3. The lowest BCUT2D eigenvalue weighted by Crippen LogP contribution is -2.51. The van der Waals surface area contributed by atoms with E-state index < -0.39 is 39.7 Å². The molecule has 8 nitrogen and oxygen atoms in total. The molecule has 2 aromatic carbocycles. The van der Waals surface area contributed by atoms with E-state index in [2.05, 4.69) is 0 Å². The molecule has 0 fully saturated rings. The lowest BCUT2D eigenvalue weighted by molar-refractivity contribution is -0.147. The first kappa shape index (κ1) is 22.3. The van der Waals surface area contributed by atoms with Gasteiger partial charge < -0.3 is 5.11 Å². The number of carbonyl (C=O) groups excluding carboxylic acids is 2. The molecule has 0 aliphatic carbocycles. The van der Waals surface area contributed by atoms with Crippen LogP contribution in [0, 0.1) is 0 Å². The van der Waals surface area contributed by atoms with Gasteiger partial charge in [0.05, 0.1) is 0 Å². The topological polar surface area (TPSA) is 129 Å². The van der Waals surface area contributed by atoms with Crippen LogP contribution in [0.4, 0.5) is 0 Å². The summed E-state index contributed by atoms with van der Waals surface area (Å²) in [5.74, 6) is -4.79. The van der Waals surface area contributed by atoms with Crippen molar-refractivity contribution in [3.63, 3.8) is 0 Å². The fourth-order valence-corrected chi connectivity index (χ4v) is 3.58. The molecule has 0 radical (unpaired) electrons. The molecule has 2 amide bonds. The average Bonchev–Trinajstić information content (AvgIpc) is 2.67. The number of hydrogen-bond acceptors (Lipinski definition) is 5. The highest BCUT2D eigenvalue weighted by molar-refractivity contribution is 7.85. The monoisotopic (exact) mass is 419 g/mol. The van der Waals surface area contributed by atoms with Crippen LogP contribution in [-0.4, -0.2) is 52.6 Å². The Bertz CT molecular complexity index is 1000. The van der Waals surface area contributed by atoms with Crippen molar-refractivity contribution in [2.24, 2.45) is 0 Å². The molecule has 0 bridgehead atoms. The summed E-state index contributed by atoms with van der Waals surface area (Å²) in [6, 6.07) is 13.1. The van der Waals surface area contributed by atoms with Gasteiger partial charge >= 0.3 is 5.97 Å². The zero-order chi connectivity index (χ0) is 21.6. The van der Waals surface area contributed by atoms with E-state index in [1.54, 1.807) is 55.5 Å². The molecule has 9 heteroatoms. The van der Waals surface area contributed by atoms with Crippen LogP contribution < -0.4 is 0 Å². The van der Waals surface area contributed by atoms with Gasteiger partial charge in [0.15, 0.2) is 6.04 Å². The lowest BCUT2D eigenvalue weighted by Gasteiger charge is -2.27. The van der Waals surface area contributed by atoms with Crippen LogP contribution in [0.25, 0.3) is 11.1 Å². The van der Waals surface area contributed by atoms with Crippen molar-refractivity contribution in [3.8, 4) is 11.1 Å². The summed E-state index contributed by atoms with van der Waals surface area (Å²) in [4.78, 5) is 38.0. The summed E-state index contributed by atoms with van der Waals surface area (Å²) in [5.41, 5.74) is 1.18. The van der Waals surface area contributed by atoms with Gasteiger partial charge in [0.2, 0.25) is 5.91 Å². The van der Waals surface area contributed by atoms with Crippen LogP contribution >= 0.6 is 0 Å². The lowest BCUT2D eigenvalue weighted by atomic mass is 9.98. The largest absolute Gasteiger partial charge is 0.480 e. The molecule has 2 N–H and O–H groups in total. The Morgan fingerprint density at radius 1 is 1.00 bits per heavy atom. The average molecular weight is 419 g/mol. The number of imide groups is 1. The van der Waals surface area contributed by atoms with Gasteiger partial charge in [-0.15, -0.1) is 0 Å². The Hall–Kier alpha value is -3.04.